The number of carbonyl (C=O) groups excluding carboxylic acids is 1. The Hall–Kier alpha value is -1.97. The van der Waals surface area contributed by atoms with Crippen LogP contribution in [-0.2, 0) is 15.4 Å². The van der Waals surface area contributed by atoms with Crippen LogP contribution >= 0.6 is 11.3 Å². The number of benzene rings is 1. The molecule has 0 aliphatic carbocycles. The van der Waals surface area contributed by atoms with E-state index in [2.05, 4.69) is 10.3 Å². The maximum Gasteiger partial charge on any atom is 0.267 e. The first-order chi connectivity index (χ1) is 14.0. The van der Waals surface area contributed by atoms with Crippen LogP contribution in [0.2, 0.25) is 0 Å². The summed E-state index contributed by atoms with van der Waals surface area (Å²) in [5.41, 5.74) is 1.07. The van der Waals surface area contributed by atoms with Crippen molar-refractivity contribution in [3.63, 3.8) is 0 Å². The molecule has 2 aromatic rings. The highest BCUT2D eigenvalue weighted by Crippen LogP contribution is 2.32. The fourth-order valence-corrected chi connectivity index (χ4v) is 5.74. The topological polar surface area (TPSA) is 82.6 Å². The Morgan fingerprint density at radius 1 is 1.17 bits per heavy atom. The summed E-state index contributed by atoms with van der Waals surface area (Å²) in [6, 6.07) is 4.90. The van der Waals surface area contributed by atoms with Gasteiger partial charge in [-0.2, -0.15) is 4.31 Å². The number of thiazole rings is 1. The van der Waals surface area contributed by atoms with Crippen LogP contribution in [0.5, 0.6) is 0 Å². The fourth-order valence-electron chi connectivity index (χ4n) is 3.33. The zero-order valence-corrected chi connectivity index (χ0v) is 19.9. The van der Waals surface area contributed by atoms with E-state index in [1.54, 1.807) is 24.4 Å². The number of sulfonamides is 1. The van der Waals surface area contributed by atoms with Crippen molar-refractivity contribution in [1.82, 2.24) is 9.29 Å². The number of amides is 1. The lowest BCUT2D eigenvalue weighted by Crippen LogP contribution is -2.35. The zero-order chi connectivity index (χ0) is 22.1. The third-order valence-corrected chi connectivity index (χ3v) is 8.34. The molecular formula is C21H30N4O3S2. The van der Waals surface area contributed by atoms with Crippen LogP contribution in [-0.4, -0.2) is 50.8 Å². The number of nitrogens with zero attached hydrogens (tertiary/aromatic N) is 3. The highest BCUT2D eigenvalue weighted by molar-refractivity contribution is 7.89. The smallest absolute Gasteiger partial charge is 0.267 e. The van der Waals surface area contributed by atoms with Crippen molar-refractivity contribution in [2.45, 2.75) is 50.3 Å². The van der Waals surface area contributed by atoms with Gasteiger partial charge >= 0.3 is 0 Å². The Labute approximate surface area is 183 Å². The number of anilines is 2. The average molecular weight is 451 g/mol. The molecule has 1 aliphatic heterocycles. The van der Waals surface area contributed by atoms with Crippen molar-refractivity contribution in [3.05, 3.63) is 34.3 Å². The summed E-state index contributed by atoms with van der Waals surface area (Å²) in [5.74, 6) is -0.293. The summed E-state index contributed by atoms with van der Waals surface area (Å²) < 4.78 is 27.7. The van der Waals surface area contributed by atoms with E-state index in [0.29, 0.717) is 23.7 Å². The number of rotatable bonds is 5. The monoisotopic (exact) mass is 450 g/mol. The molecule has 2 heterocycles. The molecule has 0 unspecified atom stereocenters. The molecule has 1 aliphatic rings. The number of aromatic nitrogens is 1. The summed E-state index contributed by atoms with van der Waals surface area (Å²) in [6.45, 7) is 7.22. The van der Waals surface area contributed by atoms with Gasteiger partial charge in [-0.25, -0.2) is 13.4 Å². The lowest BCUT2D eigenvalue weighted by molar-refractivity contribution is 0.103. The molecule has 30 heavy (non-hydrogen) atoms. The maximum atomic E-state index is 13.1. The SMILES string of the molecule is CN(C)c1ccc(S(=O)(=O)N2CCCCC2)cc1NC(=O)c1cnc(C(C)(C)C)s1. The number of piperidine rings is 1. The first-order valence-electron chi connectivity index (χ1n) is 10.1. The van der Waals surface area contributed by atoms with Crippen molar-refractivity contribution >= 4 is 38.6 Å². The van der Waals surface area contributed by atoms with Gasteiger partial charge in [0.1, 0.15) is 4.88 Å². The van der Waals surface area contributed by atoms with Gasteiger partial charge in [0.25, 0.3) is 5.91 Å². The second-order valence-electron chi connectivity index (χ2n) is 8.77. The molecule has 9 heteroatoms. The van der Waals surface area contributed by atoms with Crippen LogP contribution in [0.4, 0.5) is 11.4 Å². The molecule has 3 rings (SSSR count). The standard InChI is InChI=1S/C21H30N4O3S2/c1-21(2,3)20-22-14-18(29-20)19(26)23-16-13-15(9-10-17(16)24(4)5)30(27,28)25-11-7-6-8-12-25/h9-10,13-14H,6-8,11-12H2,1-5H3,(H,23,26). The van der Waals surface area contributed by atoms with Crippen LogP contribution in [0.1, 0.15) is 54.7 Å². The normalized spacial score (nSPS) is 15.8. The Kier molecular flexibility index (Phi) is 6.54. The molecule has 1 fully saturated rings. The predicted molar refractivity (Wildman–Crippen MR) is 122 cm³/mol. The number of hydrogen-bond donors (Lipinski definition) is 1. The third-order valence-electron chi connectivity index (χ3n) is 5.02. The van der Waals surface area contributed by atoms with Crippen molar-refractivity contribution in [2.24, 2.45) is 0 Å². The van der Waals surface area contributed by atoms with E-state index in [1.165, 1.54) is 15.6 Å². The van der Waals surface area contributed by atoms with Gasteiger partial charge in [0.05, 0.1) is 27.5 Å². The van der Waals surface area contributed by atoms with E-state index in [1.807, 2.05) is 39.8 Å². The quantitative estimate of drug-likeness (QED) is 0.746. The van der Waals surface area contributed by atoms with Gasteiger partial charge in [0.2, 0.25) is 10.0 Å². The number of carbonyl (C=O) groups is 1. The number of hydrogen-bond acceptors (Lipinski definition) is 6. The fraction of sp³-hybridized carbons (Fsp3) is 0.524. The van der Waals surface area contributed by atoms with Gasteiger partial charge in [0.15, 0.2) is 0 Å². The van der Waals surface area contributed by atoms with Gasteiger partial charge in [0, 0.05) is 32.6 Å². The average Bonchev–Trinajstić information content (AvgIpc) is 3.19. The van der Waals surface area contributed by atoms with E-state index < -0.39 is 10.0 Å². The molecule has 164 valence electrons. The molecule has 1 N–H and O–H groups in total. The van der Waals surface area contributed by atoms with Crippen LogP contribution in [0.15, 0.2) is 29.3 Å². The Morgan fingerprint density at radius 2 is 1.83 bits per heavy atom. The summed E-state index contributed by atoms with van der Waals surface area (Å²) in [7, 11) is 0.122. The van der Waals surface area contributed by atoms with Crippen molar-refractivity contribution < 1.29 is 13.2 Å². The van der Waals surface area contributed by atoms with Gasteiger partial charge in [-0.15, -0.1) is 11.3 Å². The second-order valence-corrected chi connectivity index (χ2v) is 11.7. The Balaban J connectivity index is 1.92. The summed E-state index contributed by atoms with van der Waals surface area (Å²) in [6.07, 6.45) is 4.38. The minimum absolute atomic E-state index is 0.138. The molecule has 0 atom stereocenters. The first kappa shape index (κ1) is 22.7. The van der Waals surface area contributed by atoms with E-state index in [-0.39, 0.29) is 16.2 Å². The van der Waals surface area contributed by atoms with Crippen molar-refractivity contribution in [3.8, 4) is 0 Å². The highest BCUT2D eigenvalue weighted by Gasteiger charge is 2.27. The largest absolute Gasteiger partial charge is 0.376 e. The minimum Gasteiger partial charge on any atom is -0.376 e. The Morgan fingerprint density at radius 3 is 2.40 bits per heavy atom. The number of nitrogens with one attached hydrogen (secondary N) is 1. The van der Waals surface area contributed by atoms with E-state index in [9.17, 15) is 13.2 Å². The highest BCUT2D eigenvalue weighted by atomic mass is 32.2. The summed E-state index contributed by atoms with van der Waals surface area (Å²) in [4.78, 5) is 19.8. The molecule has 0 saturated carbocycles. The van der Waals surface area contributed by atoms with Crippen LogP contribution < -0.4 is 10.2 Å². The van der Waals surface area contributed by atoms with E-state index in [4.69, 9.17) is 0 Å². The molecule has 1 saturated heterocycles. The van der Waals surface area contributed by atoms with Crippen LogP contribution in [0.3, 0.4) is 0 Å². The predicted octanol–water partition coefficient (Wildman–Crippen LogP) is 3.93. The molecule has 1 aromatic carbocycles. The second kappa shape index (κ2) is 8.64. The van der Waals surface area contributed by atoms with E-state index in [0.717, 1.165) is 30.0 Å². The van der Waals surface area contributed by atoms with Crippen LogP contribution in [0.25, 0.3) is 0 Å². The van der Waals surface area contributed by atoms with Gasteiger partial charge in [-0.3, -0.25) is 4.79 Å². The molecule has 0 bridgehead atoms. The molecule has 7 nitrogen and oxygen atoms in total. The lowest BCUT2D eigenvalue weighted by atomic mass is 9.98. The van der Waals surface area contributed by atoms with Gasteiger partial charge < -0.3 is 10.2 Å². The summed E-state index contributed by atoms with van der Waals surface area (Å²) in [5, 5.41) is 3.77. The van der Waals surface area contributed by atoms with Gasteiger partial charge in [-0.05, 0) is 31.0 Å². The van der Waals surface area contributed by atoms with Crippen LogP contribution in [0, 0.1) is 0 Å². The third kappa shape index (κ3) is 4.84. The van der Waals surface area contributed by atoms with Crippen molar-refractivity contribution in [2.75, 3.05) is 37.4 Å². The first-order valence-corrected chi connectivity index (χ1v) is 12.3. The zero-order valence-electron chi connectivity index (χ0n) is 18.2. The molecule has 1 amide bonds. The summed E-state index contributed by atoms with van der Waals surface area (Å²) >= 11 is 1.35. The van der Waals surface area contributed by atoms with Crippen molar-refractivity contribution in [1.29, 1.82) is 0 Å². The molecule has 0 radical (unpaired) electrons. The minimum atomic E-state index is -3.59. The molecule has 1 aromatic heterocycles. The Bertz CT molecular complexity index is 1020. The van der Waals surface area contributed by atoms with E-state index >= 15 is 0 Å². The maximum absolute atomic E-state index is 13.1. The molecule has 0 spiro atoms. The van der Waals surface area contributed by atoms with Gasteiger partial charge in [-0.1, -0.05) is 27.2 Å². The lowest BCUT2D eigenvalue weighted by Gasteiger charge is -2.26. The molecular weight excluding hydrogens is 420 g/mol.